The molecule has 1 fully saturated rings. The topological polar surface area (TPSA) is 75.2 Å². The van der Waals surface area contributed by atoms with Crippen molar-refractivity contribution in [1.82, 2.24) is 15.1 Å². The van der Waals surface area contributed by atoms with Crippen LogP contribution >= 0.6 is 11.3 Å². The normalized spacial score (nSPS) is 19.3. The summed E-state index contributed by atoms with van der Waals surface area (Å²) in [6.45, 7) is 6.39. The fraction of sp³-hybridized carbons (Fsp3) is 0.667. The molecule has 0 aliphatic carbocycles. The van der Waals surface area contributed by atoms with Crippen LogP contribution in [0.1, 0.15) is 32.2 Å². The molecule has 1 aromatic heterocycles. The molecule has 0 bridgehead atoms. The van der Waals surface area contributed by atoms with E-state index < -0.39 is 0 Å². The van der Waals surface area contributed by atoms with Gasteiger partial charge in [0.15, 0.2) is 0 Å². The Labute approximate surface area is 116 Å². The molecule has 6 nitrogen and oxygen atoms in total. The van der Waals surface area contributed by atoms with Crippen LogP contribution in [0.4, 0.5) is 5.13 Å². The summed E-state index contributed by atoms with van der Waals surface area (Å²) in [5, 5.41) is 12.0. The molecule has 1 atom stereocenters. The SMILES string of the molecule is CCc1nnc(NC(=O)[C@H]2CC(=O)N(C(C)C)C2)s1. The lowest BCUT2D eigenvalue weighted by Gasteiger charge is -2.20. The fourth-order valence-electron chi connectivity index (χ4n) is 2.06. The van der Waals surface area contributed by atoms with E-state index in [1.54, 1.807) is 4.90 Å². The van der Waals surface area contributed by atoms with Crippen LogP contribution in [0.15, 0.2) is 0 Å². The van der Waals surface area contributed by atoms with E-state index in [4.69, 9.17) is 0 Å². The molecule has 2 heterocycles. The summed E-state index contributed by atoms with van der Waals surface area (Å²) < 4.78 is 0. The van der Waals surface area contributed by atoms with E-state index in [0.29, 0.717) is 11.7 Å². The maximum absolute atomic E-state index is 12.1. The van der Waals surface area contributed by atoms with Crippen molar-refractivity contribution in [1.29, 1.82) is 0 Å². The largest absolute Gasteiger partial charge is 0.339 e. The quantitative estimate of drug-likeness (QED) is 0.903. The Kier molecular flexibility index (Phi) is 4.14. The monoisotopic (exact) mass is 282 g/mol. The Morgan fingerprint density at radius 1 is 1.53 bits per heavy atom. The molecule has 1 aliphatic heterocycles. The van der Waals surface area contributed by atoms with Gasteiger partial charge in [0.25, 0.3) is 0 Å². The van der Waals surface area contributed by atoms with E-state index in [-0.39, 0.29) is 30.2 Å². The molecule has 0 aromatic carbocycles. The minimum atomic E-state index is -0.288. The summed E-state index contributed by atoms with van der Waals surface area (Å²) in [5.74, 6) is -0.388. The highest BCUT2D eigenvalue weighted by atomic mass is 32.1. The van der Waals surface area contributed by atoms with Crippen molar-refractivity contribution in [3.63, 3.8) is 0 Å². The van der Waals surface area contributed by atoms with Crippen molar-refractivity contribution in [2.45, 2.75) is 39.7 Å². The lowest BCUT2D eigenvalue weighted by Crippen LogP contribution is -2.33. The van der Waals surface area contributed by atoms with Crippen LogP contribution < -0.4 is 5.32 Å². The van der Waals surface area contributed by atoms with Gasteiger partial charge < -0.3 is 10.2 Å². The average Bonchev–Trinajstić information content (AvgIpc) is 2.95. The molecule has 0 unspecified atom stereocenters. The summed E-state index contributed by atoms with van der Waals surface area (Å²) in [6.07, 6.45) is 1.08. The van der Waals surface area contributed by atoms with Crippen molar-refractivity contribution >= 4 is 28.3 Å². The van der Waals surface area contributed by atoms with Crippen LogP contribution in [0.25, 0.3) is 0 Å². The number of aryl methyl sites for hydroxylation is 1. The second-order valence-electron chi connectivity index (χ2n) is 4.88. The van der Waals surface area contributed by atoms with Crippen LogP contribution in [-0.2, 0) is 16.0 Å². The van der Waals surface area contributed by atoms with Crippen molar-refractivity contribution < 1.29 is 9.59 Å². The number of hydrogen-bond donors (Lipinski definition) is 1. The molecular weight excluding hydrogens is 264 g/mol. The number of nitrogens with zero attached hydrogens (tertiary/aromatic N) is 3. The van der Waals surface area contributed by atoms with Gasteiger partial charge in [0.1, 0.15) is 5.01 Å². The Morgan fingerprint density at radius 3 is 2.79 bits per heavy atom. The average molecular weight is 282 g/mol. The number of rotatable bonds is 4. The second kappa shape index (κ2) is 5.64. The molecule has 0 saturated carbocycles. The Bertz CT molecular complexity index is 486. The first-order valence-electron chi connectivity index (χ1n) is 6.44. The van der Waals surface area contributed by atoms with Gasteiger partial charge in [-0.25, -0.2) is 0 Å². The highest BCUT2D eigenvalue weighted by Crippen LogP contribution is 2.23. The number of amides is 2. The minimum absolute atomic E-state index is 0.0432. The van der Waals surface area contributed by atoms with Crippen molar-refractivity contribution in [2.24, 2.45) is 5.92 Å². The molecule has 1 aliphatic rings. The van der Waals surface area contributed by atoms with Crippen LogP contribution in [0.5, 0.6) is 0 Å². The second-order valence-corrected chi connectivity index (χ2v) is 5.95. The molecule has 19 heavy (non-hydrogen) atoms. The number of carbonyl (C=O) groups excluding carboxylic acids is 2. The third kappa shape index (κ3) is 3.09. The molecule has 104 valence electrons. The third-order valence-electron chi connectivity index (χ3n) is 3.15. The molecular formula is C12H18N4O2S. The zero-order valence-electron chi connectivity index (χ0n) is 11.3. The maximum atomic E-state index is 12.1. The van der Waals surface area contributed by atoms with Gasteiger partial charge in [-0.1, -0.05) is 18.3 Å². The standard InChI is InChI=1S/C12H18N4O2S/c1-4-9-14-15-12(19-9)13-11(18)8-5-10(17)16(6-8)7(2)3/h7-8H,4-6H2,1-3H3,(H,13,15,18)/t8-/m0/s1. The molecule has 0 radical (unpaired) electrons. The number of nitrogens with one attached hydrogen (secondary N) is 1. The molecule has 1 N–H and O–H groups in total. The van der Waals surface area contributed by atoms with Gasteiger partial charge in [0, 0.05) is 19.0 Å². The van der Waals surface area contributed by atoms with E-state index in [1.165, 1.54) is 11.3 Å². The Hall–Kier alpha value is -1.50. The minimum Gasteiger partial charge on any atom is -0.339 e. The molecule has 1 saturated heterocycles. The van der Waals surface area contributed by atoms with Crippen LogP contribution in [0.3, 0.4) is 0 Å². The van der Waals surface area contributed by atoms with E-state index in [2.05, 4.69) is 15.5 Å². The smallest absolute Gasteiger partial charge is 0.231 e. The fourth-order valence-corrected chi connectivity index (χ4v) is 2.74. The van der Waals surface area contributed by atoms with Gasteiger partial charge in [-0.15, -0.1) is 10.2 Å². The predicted octanol–water partition coefficient (Wildman–Crippen LogP) is 1.30. The predicted molar refractivity (Wildman–Crippen MR) is 72.9 cm³/mol. The van der Waals surface area contributed by atoms with Gasteiger partial charge in [0.2, 0.25) is 16.9 Å². The van der Waals surface area contributed by atoms with Gasteiger partial charge in [-0.2, -0.15) is 0 Å². The lowest BCUT2D eigenvalue weighted by atomic mass is 10.1. The van der Waals surface area contributed by atoms with Crippen LogP contribution in [0.2, 0.25) is 0 Å². The summed E-state index contributed by atoms with van der Waals surface area (Å²) in [4.78, 5) is 25.6. The van der Waals surface area contributed by atoms with Gasteiger partial charge in [0.05, 0.1) is 5.92 Å². The number of carbonyl (C=O) groups is 2. The molecule has 1 aromatic rings. The molecule has 2 amide bonds. The van der Waals surface area contributed by atoms with E-state index >= 15 is 0 Å². The highest BCUT2D eigenvalue weighted by molar-refractivity contribution is 7.15. The van der Waals surface area contributed by atoms with Crippen LogP contribution in [0, 0.1) is 5.92 Å². The highest BCUT2D eigenvalue weighted by Gasteiger charge is 2.35. The van der Waals surface area contributed by atoms with Crippen molar-refractivity contribution in [2.75, 3.05) is 11.9 Å². The molecule has 0 spiro atoms. The number of hydrogen-bond acceptors (Lipinski definition) is 5. The summed E-state index contributed by atoms with van der Waals surface area (Å²) >= 11 is 1.38. The lowest BCUT2D eigenvalue weighted by molar-refractivity contribution is -0.129. The molecule has 2 rings (SSSR count). The third-order valence-corrected chi connectivity index (χ3v) is 4.14. The summed E-state index contributed by atoms with van der Waals surface area (Å²) in [6, 6.07) is 0.138. The first-order valence-corrected chi connectivity index (χ1v) is 7.25. The van der Waals surface area contributed by atoms with E-state index in [1.807, 2.05) is 20.8 Å². The number of likely N-dealkylation sites (tertiary alicyclic amines) is 1. The number of anilines is 1. The van der Waals surface area contributed by atoms with E-state index in [9.17, 15) is 9.59 Å². The first kappa shape index (κ1) is 13.9. The zero-order valence-corrected chi connectivity index (χ0v) is 12.2. The van der Waals surface area contributed by atoms with Crippen molar-refractivity contribution in [3.05, 3.63) is 5.01 Å². The first-order chi connectivity index (χ1) is 9.01. The summed E-state index contributed by atoms with van der Waals surface area (Å²) in [5.41, 5.74) is 0. The maximum Gasteiger partial charge on any atom is 0.231 e. The summed E-state index contributed by atoms with van der Waals surface area (Å²) in [7, 11) is 0. The van der Waals surface area contributed by atoms with Gasteiger partial charge in [-0.05, 0) is 20.3 Å². The molecule has 7 heteroatoms. The van der Waals surface area contributed by atoms with E-state index in [0.717, 1.165) is 11.4 Å². The van der Waals surface area contributed by atoms with Crippen LogP contribution in [-0.4, -0.2) is 39.5 Å². The van der Waals surface area contributed by atoms with Crippen molar-refractivity contribution in [3.8, 4) is 0 Å². The zero-order chi connectivity index (χ0) is 14.0. The number of aromatic nitrogens is 2. The van der Waals surface area contributed by atoms with Gasteiger partial charge in [-0.3, -0.25) is 9.59 Å². The Balaban J connectivity index is 1.96. The Morgan fingerprint density at radius 2 is 2.26 bits per heavy atom. The van der Waals surface area contributed by atoms with Gasteiger partial charge >= 0.3 is 0 Å².